The van der Waals surface area contributed by atoms with Crippen molar-refractivity contribution in [2.75, 3.05) is 19.0 Å². The first-order chi connectivity index (χ1) is 9.65. The maximum atomic E-state index is 12.5. The molecule has 0 radical (unpaired) electrons. The van der Waals surface area contributed by atoms with Gasteiger partial charge in [-0.1, -0.05) is 25.0 Å². The van der Waals surface area contributed by atoms with Crippen LogP contribution in [0.4, 0.5) is 0 Å². The lowest BCUT2D eigenvalue weighted by Gasteiger charge is -2.19. The van der Waals surface area contributed by atoms with Crippen LogP contribution in [-0.2, 0) is 0 Å². The van der Waals surface area contributed by atoms with Crippen LogP contribution in [0.15, 0.2) is 28.7 Å². The molecule has 0 aliphatic carbocycles. The number of carbonyl (C=O) groups excluding carboxylic acids is 1. The van der Waals surface area contributed by atoms with Crippen LogP contribution in [0.1, 0.15) is 35.9 Å². The van der Waals surface area contributed by atoms with E-state index in [0.29, 0.717) is 18.2 Å². The van der Waals surface area contributed by atoms with Crippen LogP contribution in [0.2, 0.25) is 0 Å². The van der Waals surface area contributed by atoms with Crippen molar-refractivity contribution in [3.05, 3.63) is 35.6 Å². The molecular weight excluding hydrogens is 274 g/mol. The van der Waals surface area contributed by atoms with Gasteiger partial charge in [0.1, 0.15) is 5.58 Å². The van der Waals surface area contributed by atoms with Gasteiger partial charge in [-0.2, -0.15) is 0 Å². The number of furan rings is 1. The second-order valence-electron chi connectivity index (χ2n) is 4.99. The van der Waals surface area contributed by atoms with Gasteiger partial charge in [0, 0.05) is 24.4 Å². The van der Waals surface area contributed by atoms with Gasteiger partial charge in [-0.15, -0.1) is 11.6 Å². The lowest BCUT2D eigenvalue weighted by atomic mass is 10.2. The third-order valence-corrected chi connectivity index (χ3v) is 3.47. The minimum atomic E-state index is -0.0760. The molecule has 0 N–H and O–H groups in total. The van der Waals surface area contributed by atoms with Crippen LogP contribution in [-0.4, -0.2) is 29.8 Å². The molecule has 1 aromatic carbocycles. The van der Waals surface area contributed by atoms with Crippen molar-refractivity contribution in [3.8, 4) is 0 Å². The van der Waals surface area contributed by atoms with E-state index < -0.39 is 0 Å². The highest BCUT2D eigenvalue weighted by molar-refractivity contribution is 6.18. The van der Waals surface area contributed by atoms with Crippen molar-refractivity contribution >= 4 is 28.5 Å². The fraction of sp³-hybridized carbons (Fsp3) is 0.438. The Kier molecular flexibility index (Phi) is 5.07. The molecule has 0 aliphatic rings. The zero-order chi connectivity index (χ0) is 14.5. The van der Waals surface area contributed by atoms with Gasteiger partial charge in [0.15, 0.2) is 5.76 Å². The van der Waals surface area contributed by atoms with Gasteiger partial charge in [-0.25, -0.2) is 0 Å². The molecule has 0 saturated heterocycles. The number of hydrogen-bond donors (Lipinski definition) is 0. The normalized spacial score (nSPS) is 10.9. The summed E-state index contributed by atoms with van der Waals surface area (Å²) in [5, 5.41) is 0.967. The summed E-state index contributed by atoms with van der Waals surface area (Å²) in [6.07, 6.45) is 2.02. The molecule has 0 saturated carbocycles. The maximum absolute atomic E-state index is 12.5. The topological polar surface area (TPSA) is 33.5 Å². The summed E-state index contributed by atoms with van der Waals surface area (Å²) in [5.41, 5.74) is 1.90. The molecule has 0 spiro atoms. The highest BCUT2D eigenvalue weighted by atomic mass is 35.5. The van der Waals surface area contributed by atoms with Crippen molar-refractivity contribution in [2.45, 2.75) is 26.7 Å². The molecule has 3 nitrogen and oxygen atoms in total. The third kappa shape index (κ3) is 3.34. The fourth-order valence-corrected chi connectivity index (χ4v) is 2.39. The molecule has 1 amide bonds. The molecule has 20 heavy (non-hydrogen) atoms. The number of amides is 1. The number of alkyl halides is 1. The van der Waals surface area contributed by atoms with Gasteiger partial charge < -0.3 is 9.32 Å². The SMILES string of the molecule is CCCCN(CCCl)C(=O)c1cc2cc(C)ccc2o1. The molecule has 1 aromatic heterocycles. The predicted molar refractivity (Wildman–Crippen MR) is 82.5 cm³/mol. The Morgan fingerprint density at radius 3 is 2.80 bits per heavy atom. The Hall–Kier alpha value is -1.48. The van der Waals surface area contributed by atoms with Gasteiger partial charge in [-0.05, 0) is 31.5 Å². The van der Waals surface area contributed by atoms with E-state index in [9.17, 15) is 4.79 Å². The number of halogens is 1. The summed E-state index contributed by atoms with van der Waals surface area (Å²) in [6, 6.07) is 7.72. The number of nitrogens with zero attached hydrogens (tertiary/aromatic N) is 1. The standard InChI is InChI=1S/C16H20ClNO2/c1-3-4-8-18(9-7-17)16(19)15-11-13-10-12(2)5-6-14(13)20-15/h5-6,10-11H,3-4,7-9H2,1-2H3. The zero-order valence-electron chi connectivity index (χ0n) is 12.0. The Labute approximate surface area is 124 Å². The summed E-state index contributed by atoms with van der Waals surface area (Å²) in [5.74, 6) is 0.759. The van der Waals surface area contributed by atoms with Crippen LogP contribution in [0.3, 0.4) is 0 Å². The van der Waals surface area contributed by atoms with Crippen molar-refractivity contribution < 1.29 is 9.21 Å². The van der Waals surface area contributed by atoms with Crippen LogP contribution >= 0.6 is 11.6 Å². The second-order valence-corrected chi connectivity index (χ2v) is 5.36. The van der Waals surface area contributed by atoms with Crippen molar-refractivity contribution in [3.63, 3.8) is 0 Å². The van der Waals surface area contributed by atoms with Gasteiger partial charge in [-0.3, -0.25) is 4.79 Å². The van der Waals surface area contributed by atoms with Crippen molar-refractivity contribution in [2.24, 2.45) is 0 Å². The van der Waals surface area contributed by atoms with E-state index in [4.69, 9.17) is 16.0 Å². The smallest absolute Gasteiger partial charge is 0.289 e. The average molecular weight is 294 g/mol. The van der Waals surface area contributed by atoms with Crippen molar-refractivity contribution in [1.82, 2.24) is 4.90 Å². The first kappa shape index (κ1) is 14.9. The summed E-state index contributed by atoms with van der Waals surface area (Å²) in [7, 11) is 0. The molecule has 0 aliphatic heterocycles. The fourth-order valence-electron chi connectivity index (χ4n) is 2.19. The van der Waals surface area contributed by atoms with E-state index >= 15 is 0 Å². The number of rotatable bonds is 6. The van der Waals surface area contributed by atoms with Crippen LogP contribution in [0, 0.1) is 6.92 Å². The molecule has 2 aromatic rings. The summed E-state index contributed by atoms with van der Waals surface area (Å²) in [6.45, 7) is 5.40. The van der Waals surface area contributed by atoms with Crippen molar-refractivity contribution in [1.29, 1.82) is 0 Å². The summed E-state index contributed by atoms with van der Waals surface area (Å²) < 4.78 is 5.66. The molecule has 4 heteroatoms. The Morgan fingerprint density at radius 2 is 2.10 bits per heavy atom. The Morgan fingerprint density at radius 1 is 1.30 bits per heavy atom. The van der Waals surface area contributed by atoms with Gasteiger partial charge in [0.05, 0.1) is 0 Å². The first-order valence-electron chi connectivity index (χ1n) is 7.01. The van der Waals surface area contributed by atoms with Gasteiger partial charge >= 0.3 is 0 Å². The summed E-state index contributed by atoms with van der Waals surface area (Å²) >= 11 is 5.78. The van der Waals surface area contributed by atoms with Gasteiger partial charge in [0.25, 0.3) is 5.91 Å². The quantitative estimate of drug-likeness (QED) is 0.747. The molecule has 108 valence electrons. The minimum Gasteiger partial charge on any atom is -0.451 e. The molecule has 0 atom stereocenters. The van der Waals surface area contributed by atoms with Crippen LogP contribution in [0.5, 0.6) is 0 Å². The molecular formula is C16H20ClNO2. The van der Waals surface area contributed by atoms with E-state index in [2.05, 4.69) is 6.92 Å². The maximum Gasteiger partial charge on any atom is 0.289 e. The molecule has 2 rings (SSSR count). The second kappa shape index (κ2) is 6.80. The molecule has 1 heterocycles. The number of benzene rings is 1. The van der Waals surface area contributed by atoms with E-state index in [1.54, 1.807) is 4.90 Å². The highest BCUT2D eigenvalue weighted by Crippen LogP contribution is 2.21. The van der Waals surface area contributed by atoms with Gasteiger partial charge in [0.2, 0.25) is 0 Å². The lowest BCUT2D eigenvalue weighted by molar-refractivity contribution is 0.0734. The average Bonchev–Trinajstić information content (AvgIpc) is 2.85. The van der Waals surface area contributed by atoms with Crippen LogP contribution in [0.25, 0.3) is 11.0 Å². The van der Waals surface area contributed by atoms with E-state index in [-0.39, 0.29) is 5.91 Å². The lowest BCUT2D eigenvalue weighted by Crippen LogP contribution is -2.33. The largest absolute Gasteiger partial charge is 0.451 e. The number of carbonyl (C=O) groups is 1. The van der Waals surface area contributed by atoms with E-state index in [0.717, 1.165) is 35.9 Å². The number of unbranched alkanes of at least 4 members (excludes halogenated alkanes) is 1. The molecule has 0 bridgehead atoms. The zero-order valence-corrected chi connectivity index (χ0v) is 12.7. The van der Waals surface area contributed by atoms with E-state index in [1.165, 1.54) is 0 Å². The Bertz CT molecular complexity index is 591. The summed E-state index contributed by atoms with van der Waals surface area (Å²) in [4.78, 5) is 14.2. The highest BCUT2D eigenvalue weighted by Gasteiger charge is 2.19. The molecule has 0 unspecified atom stereocenters. The monoisotopic (exact) mass is 293 g/mol. The molecule has 0 fully saturated rings. The number of hydrogen-bond acceptors (Lipinski definition) is 2. The minimum absolute atomic E-state index is 0.0760. The van der Waals surface area contributed by atoms with E-state index in [1.807, 2.05) is 31.2 Å². The number of aryl methyl sites for hydroxylation is 1. The third-order valence-electron chi connectivity index (χ3n) is 3.31. The van der Waals surface area contributed by atoms with Crippen LogP contribution < -0.4 is 0 Å². The Balaban J connectivity index is 2.23. The number of fused-ring (bicyclic) bond motifs is 1. The predicted octanol–water partition coefficient (Wildman–Crippen LogP) is 4.22. The first-order valence-corrected chi connectivity index (χ1v) is 7.54.